The fraction of sp³-hybridized carbons (Fsp3) is 0.643. The van der Waals surface area contributed by atoms with E-state index in [2.05, 4.69) is 10.3 Å². The van der Waals surface area contributed by atoms with Crippen LogP contribution in [0.2, 0.25) is 0 Å². The van der Waals surface area contributed by atoms with Crippen molar-refractivity contribution in [3.63, 3.8) is 0 Å². The highest BCUT2D eigenvalue weighted by atomic mass is 19.3. The molecule has 1 fully saturated rings. The zero-order valence-corrected chi connectivity index (χ0v) is 11.0. The third-order valence-electron chi connectivity index (χ3n) is 3.80. The smallest absolute Gasteiger partial charge is 0.248 e. The lowest BCUT2D eigenvalue weighted by Crippen LogP contribution is -2.34. The van der Waals surface area contributed by atoms with Crippen LogP contribution in [0, 0.1) is 11.7 Å². The lowest BCUT2D eigenvalue weighted by Gasteiger charge is -2.34. The molecule has 1 saturated carbocycles. The van der Waals surface area contributed by atoms with Gasteiger partial charge in [0, 0.05) is 30.6 Å². The zero-order chi connectivity index (χ0) is 13.9. The van der Waals surface area contributed by atoms with Gasteiger partial charge in [0.2, 0.25) is 5.92 Å². The number of hydrogen-bond donors (Lipinski definition) is 1. The van der Waals surface area contributed by atoms with Gasteiger partial charge in [-0.05, 0) is 31.4 Å². The second-order valence-corrected chi connectivity index (χ2v) is 5.13. The molecule has 0 bridgehead atoms. The number of nitrogens with one attached hydrogen (secondary N) is 1. The van der Waals surface area contributed by atoms with Crippen molar-refractivity contribution in [3.8, 4) is 0 Å². The van der Waals surface area contributed by atoms with Crippen molar-refractivity contribution in [2.45, 2.75) is 44.6 Å². The van der Waals surface area contributed by atoms with Crippen molar-refractivity contribution < 1.29 is 13.2 Å². The van der Waals surface area contributed by atoms with Gasteiger partial charge in [-0.25, -0.2) is 13.2 Å². The van der Waals surface area contributed by atoms with Crippen LogP contribution < -0.4 is 5.32 Å². The van der Waals surface area contributed by atoms with Gasteiger partial charge in [-0.1, -0.05) is 6.92 Å². The Morgan fingerprint density at radius 1 is 1.42 bits per heavy atom. The largest absolute Gasteiger partial charge is 0.310 e. The van der Waals surface area contributed by atoms with Crippen LogP contribution in [0.3, 0.4) is 0 Å². The molecule has 1 unspecified atom stereocenters. The monoisotopic (exact) mass is 272 g/mol. The van der Waals surface area contributed by atoms with E-state index in [-0.39, 0.29) is 30.6 Å². The number of halogens is 3. The first-order valence-electron chi connectivity index (χ1n) is 6.74. The molecule has 0 spiro atoms. The topological polar surface area (TPSA) is 24.9 Å². The van der Waals surface area contributed by atoms with Gasteiger partial charge >= 0.3 is 0 Å². The van der Waals surface area contributed by atoms with Gasteiger partial charge in [-0.2, -0.15) is 0 Å². The minimum Gasteiger partial charge on any atom is -0.310 e. The molecule has 1 N–H and O–H groups in total. The molecule has 1 aromatic rings. The number of aromatic nitrogens is 1. The van der Waals surface area contributed by atoms with Crippen LogP contribution in [0.5, 0.6) is 0 Å². The summed E-state index contributed by atoms with van der Waals surface area (Å²) in [4.78, 5) is 3.73. The molecule has 1 aromatic heterocycles. The molecule has 0 radical (unpaired) electrons. The van der Waals surface area contributed by atoms with Crippen molar-refractivity contribution in [3.05, 3.63) is 29.8 Å². The molecule has 0 amide bonds. The van der Waals surface area contributed by atoms with E-state index < -0.39 is 5.92 Å². The van der Waals surface area contributed by atoms with Crippen LogP contribution in [0.15, 0.2) is 18.5 Å². The summed E-state index contributed by atoms with van der Waals surface area (Å²) in [5.41, 5.74) is 0.534. The van der Waals surface area contributed by atoms with Crippen LogP contribution in [-0.4, -0.2) is 17.5 Å². The summed E-state index contributed by atoms with van der Waals surface area (Å²) in [6.45, 7) is 2.61. The molecule has 0 saturated heterocycles. The molecule has 1 aliphatic carbocycles. The molecule has 1 aliphatic rings. The number of nitrogens with zero attached hydrogens (tertiary/aromatic N) is 1. The van der Waals surface area contributed by atoms with Gasteiger partial charge in [-0.15, -0.1) is 0 Å². The molecular weight excluding hydrogens is 253 g/mol. The first-order chi connectivity index (χ1) is 9.03. The fourth-order valence-electron chi connectivity index (χ4n) is 2.78. The maximum Gasteiger partial charge on any atom is 0.248 e. The van der Waals surface area contributed by atoms with E-state index in [1.165, 1.54) is 6.20 Å². The lowest BCUT2D eigenvalue weighted by molar-refractivity contribution is -0.0498. The number of alkyl halides is 2. The molecule has 1 heterocycles. The molecule has 1 atom stereocenters. The predicted molar refractivity (Wildman–Crippen MR) is 67.5 cm³/mol. The quantitative estimate of drug-likeness (QED) is 0.904. The van der Waals surface area contributed by atoms with Gasteiger partial charge in [-0.3, -0.25) is 4.98 Å². The van der Waals surface area contributed by atoms with Crippen LogP contribution in [0.1, 0.15) is 44.2 Å². The fourth-order valence-corrected chi connectivity index (χ4v) is 2.78. The van der Waals surface area contributed by atoms with Crippen LogP contribution >= 0.6 is 0 Å². The predicted octanol–water partition coefficient (Wildman–Crippen LogP) is 3.70. The summed E-state index contributed by atoms with van der Waals surface area (Å²) in [6.07, 6.45) is 3.36. The maximum atomic E-state index is 13.8. The third kappa shape index (κ3) is 3.47. The van der Waals surface area contributed by atoms with E-state index in [4.69, 9.17) is 0 Å². The van der Waals surface area contributed by atoms with E-state index >= 15 is 0 Å². The van der Waals surface area contributed by atoms with Crippen molar-refractivity contribution in [2.75, 3.05) is 6.54 Å². The van der Waals surface area contributed by atoms with Crippen LogP contribution in [-0.2, 0) is 0 Å². The van der Waals surface area contributed by atoms with E-state index in [1.54, 1.807) is 12.3 Å². The summed E-state index contributed by atoms with van der Waals surface area (Å²) in [5.74, 6) is -2.87. The van der Waals surface area contributed by atoms with Gasteiger partial charge in [0.15, 0.2) is 0 Å². The molecule has 0 aromatic carbocycles. The maximum absolute atomic E-state index is 13.8. The first kappa shape index (κ1) is 14.3. The Morgan fingerprint density at radius 3 is 2.68 bits per heavy atom. The first-order valence-corrected chi connectivity index (χ1v) is 6.74. The number of rotatable bonds is 4. The van der Waals surface area contributed by atoms with Crippen LogP contribution in [0.25, 0.3) is 0 Å². The normalized spacial score (nSPS) is 21.3. The van der Waals surface area contributed by atoms with Crippen molar-refractivity contribution in [1.29, 1.82) is 0 Å². The standard InChI is InChI=1S/C14H19F3N2/c1-2-19-13(11-5-8-18-9-12(11)15)10-3-6-14(16,17)7-4-10/h5,8-10,13,19H,2-4,6-7H2,1H3. The van der Waals surface area contributed by atoms with Crippen molar-refractivity contribution in [1.82, 2.24) is 10.3 Å². The Hall–Kier alpha value is -1.10. The summed E-state index contributed by atoms with van der Waals surface area (Å²) in [6, 6.07) is 1.43. The Labute approximate surface area is 111 Å². The second-order valence-electron chi connectivity index (χ2n) is 5.13. The summed E-state index contributed by atoms with van der Waals surface area (Å²) >= 11 is 0. The average molecular weight is 272 g/mol. The van der Waals surface area contributed by atoms with Gasteiger partial charge < -0.3 is 5.32 Å². The Balaban J connectivity index is 2.15. The van der Waals surface area contributed by atoms with E-state index in [0.717, 1.165) is 0 Å². The molecule has 2 rings (SSSR count). The highest BCUT2D eigenvalue weighted by Crippen LogP contribution is 2.41. The highest BCUT2D eigenvalue weighted by Gasteiger charge is 2.38. The van der Waals surface area contributed by atoms with Gasteiger partial charge in [0.25, 0.3) is 0 Å². The molecule has 2 nitrogen and oxygen atoms in total. The zero-order valence-electron chi connectivity index (χ0n) is 11.0. The van der Waals surface area contributed by atoms with Crippen molar-refractivity contribution >= 4 is 0 Å². The Morgan fingerprint density at radius 2 is 2.11 bits per heavy atom. The molecular formula is C14H19F3N2. The van der Waals surface area contributed by atoms with E-state index in [9.17, 15) is 13.2 Å². The minimum absolute atomic E-state index is 0.0523. The van der Waals surface area contributed by atoms with Gasteiger partial charge in [0.05, 0.1) is 6.20 Å². The number of pyridine rings is 1. The minimum atomic E-state index is -2.55. The van der Waals surface area contributed by atoms with E-state index in [0.29, 0.717) is 24.9 Å². The lowest BCUT2D eigenvalue weighted by atomic mass is 9.79. The molecule has 5 heteroatoms. The third-order valence-corrected chi connectivity index (χ3v) is 3.80. The average Bonchev–Trinajstić information content (AvgIpc) is 2.38. The van der Waals surface area contributed by atoms with Crippen LogP contribution in [0.4, 0.5) is 13.2 Å². The summed E-state index contributed by atoms with van der Waals surface area (Å²) in [5, 5.41) is 3.22. The van der Waals surface area contributed by atoms with Crippen molar-refractivity contribution in [2.24, 2.45) is 5.92 Å². The summed E-state index contributed by atoms with van der Waals surface area (Å²) in [7, 11) is 0. The Bertz CT molecular complexity index is 413. The van der Waals surface area contributed by atoms with Gasteiger partial charge in [0.1, 0.15) is 5.82 Å². The molecule has 106 valence electrons. The summed E-state index contributed by atoms with van der Waals surface area (Å²) < 4.78 is 40.2. The SMILES string of the molecule is CCNC(c1ccncc1F)C1CCC(F)(F)CC1. The molecule has 19 heavy (non-hydrogen) atoms. The Kier molecular flexibility index (Phi) is 4.45. The highest BCUT2D eigenvalue weighted by molar-refractivity contribution is 5.18. The van der Waals surface area contributed by atoms with E-state index in [1.807, 2.05) is 6.92 Å². The molecule has 0 aliphatic heterocycles. The second kappa shape index (κ2) is 5.90. The number of hydrogen-bond acceptors (Lipinski definition) is 2.